The Kier molecular flexibility index (Phi) is 6.88. The number of likely N-dealkylation sites (N-methyl/N-ethyl adjacent to an activating group) is 1. The van der Waals surface area contributed by atoms with Gasteiger partial charge in [0.25, 0.3) is 0 Å². The summed E-state index contributed by atoms with van der Waals surface area (Å²) in [6.45, 7) is 3.94. The molecular formula is C22H33ClN2O7. The van der Waals surface area contributed by atoms with Crippen molar-refractivity contribution in [3.63, 3.8) is 0 Å². The number of halogens is 1. The third kappa shape index (κ3) is 4.09. The minimum Gasteiger partial charge on any atom is -0.391 e. The Bertz CT molecular complexity index is 801. The third-order valence-electron chi connectivity index (χ3n) is 7.02. The van der Waals surface area contributed by atoms with Crippen molar-refractivity contribution in [2.45, 2.75) is 81.1 Å². The van der Waals surface area contributed by atoms with Crippen LogP contribution in [0.3, 0.4) is 0 Å². The summed E-state index contributed by atoms with van der Waals surface area (Å²) in [7, 11) is 1.66. The number of rotatable bonds is 5. The average Bonchev–Trinajstić information content (AvgIpc) is 2.74. The van der Waals surface area contributed by atoms with Crippen molar-refractivity contribution in [1.82, 2.24) is 10.6 Å². The summed E-state index contributed by atoms with van der Waals surface area (Å²) in [4.78, 5) is 0. The summed E-state index contributed by atoms with van der Waals surface area (Å²) in [6, 6.07) is 6.69. The van der Waals surface area contributed by atoms with Crippen molar-refractivity contribution in [1.29, 1.82) is 0 Å². The molecule has 6 N–H and O–H groups in total. The van der Waals surface area contributed by atoms with Gasteiger partial charge in [0.1, 0.15) is 17.8 Å². The largest absolute Gasteiger partial charge is 0.391 e. The highest BCUT2D eigenvalue weighted by Crippen LogP contribution is 2.47. The molecule has 3 fully saturated rings. The van der Waals surface area contributed by atoms with Gasteiger partial charge in [-0.3, -0.25) is 0 Å². The van der Waals surface area contributed by atoms with E-state index in [0.717, 1.165) is 5.56 Å². The molecule has 0 radical (unpaired) electrons. The van der Waals surface area contributed by atoms with Gasteiger partial charge < -0.3 is 45.3 Å². The van der Waals surface area contributed by atoms with Crippen LogP contribution < -0.4 is 10.6 Å². The van der Waals surface area contributed by atoms with Crippen LogP contribution in [0.1, 0.15) is 25.8 Å². The number of fused-ring (bicyclic) bond motifs is 2. The van der Waals surface area contributed by atoms with Gasteiger partial charge in [-0.15, -0.1) is 0 Å². The molecule has 2 saturated heterocycles. The SMILES string of the molecule is CN[C@H]1[C@@H](O)[C@@H](C)[C@H](O)[C@H]2O[C@@H]3O[C@H](C)C[C@@](O)(CNCc4ccc(Cl)cc4)[C@]3(O)O[C@H]12. The molecule has 0 spiro atoms. The Labute approximate surface area is 192 Å². The number of benzene rings is 1. The summed E-state index contributed by atoms with van der Waals surface area (Å²) < 4.78 is 17.9. The van der Waals surface area contributed by atoms with Crippen molar-refractivity contribution in [3.05, 3.63) is 34.9 Å². The maximum absolute atomic E-state index is 11.6. The second kappa shape index (κ2) is 9.07. The first kappa shape index (κ1) is 24.3. The minimum atomic E-state index is -2.21. The van der Waals surface area contributed by atoms with Gasteiger partial charge in [-0.2, -0.15) is 0 Å². The maximum atomic E-state index is 11.6. The highest BCUT2D eigenvalue weighted by Gasteiger charge is 2.68. The molecule has 32 heavy (non-hydrogen) atoms. The Morgan fingerprint density at radius 2 is 1.75 bits per heavy atom. The van der Waals surface area contributed by atoms with Crippen LogP contribution in [0.2, 0.25) is 5.02 Å². The van der Waals surface area contributed by atoms with Crippen LogP contribution in [0.25, 0.3) is 0 Å². The van der Waals surface area contributed by atoms with E-state index in [1.807, 2.05) is 12.1 Å². The van der Waals surface area contributed by atoms with Crippen molar-refractivity contribution >= 4 is 11.6 Å². The fourth-order valence-corrected chi connectivity index (χ4v) is 5.23. The second-order valence-electron chi connectivity index (χ2n) is 9.28. The molecular weight excluding hydrogens is 440 g/mol. The van der Waals surface area contributed by atoms with E-state index in [1.54, 1.807) is 33.0 Å². The molecule has 0 amide bonds. The topological polar surface area (TPSA) is 133 Å². The van der Waals surface area contributed by atoms with Crippen molar-refractivity contribution < 1.29 is 34.6 Å². The zero-order valence-electron chi connectivity index (χ0n) is 18.4. The number of ether oxygens (including phenoxy) is 3. The van der Waals surface area contributed by atoms with Crippen LogP contribution >= 0.6 is 11.6 Å². The summed E-state index contributed by atoms with van der Waals surface area (Å²) in [5.74, 6) is -2.69. The van der Waals surface area contributed by atoms with Crippen LogP contribution in [0, 0.1) is 5.92 Å². The van der Waals surface area contributed by atoms with Crippen molar-refractivity contribution in [2.24, 2.45) is 5.92 Å². The zero-order chi connectivity index (χ0) is 23.3. The van der Waals surface area contributed by atoms with E-state index >= 15 is 0 Å². The molecule has 1 saturated carbocycles. The van der Waals surface area contributed by atoms with Crippen molar-refractivity contribution in [2.75, 3.05) is 13.6 Å². The van der Waals surface area contributed by atoms with E-state index in [4.69, 9.17) is 25.8 Å². The molecule has 10 atom stereocenters. The first-order chi connectivity index (χ1) is 15.1. The lowest BCUT2D eigenvalue weighted by Crippen LogP contribution is -2.79. The number of nitrogens with one attached hydrogen (secondary N) is 2. The average molecular weight is 473 g/mol. The van der Waals surface area contributed by atoms with Gasteiger partial charge in [-0.1, -0.05) is 30.7 Å². The van der Waals surface area contributed by atoms with Gasteiger partial charge in [-0.05, 0) is 31.7 Å². The smallest absolute Gasteiger partial charge is 0.249 e. The third-order valence-corrected chi connectivity index (χ3v) is 7.27. The van der Waals surface area contributed by atoms with Crippen LogP contribution in [0.5, 0.6) is 0 Å². The molecule has 2 aliphatic heterocycles. The monoisotopic (exact) mass is 472 g/mol. The van der Waals surface area contributed by atoms with Crippen LogP contribution in [0.15, 0.2) is 24.3 Å². The normalized spacial score (nSPS) is 46.4. The van der Waals surface area contributed by atoms with E-state index in [-0.39, 0.29) is 13.0 Å². The summed E-state index contributed by atoms with van der Waals surface area (Å²) in [5, 5.41) is 51.3. The van der Waals surface area contributed by atoms with E-state index in [9.17, 15) is 20.4 Å². The summed E-state index contributed by atoms with van der Waals surface area (Å²) in [5.41, 5.74) is -0.783. The van der Waals surface area contributed by atoms with E-state index in [2.05, 4.69) is 10.6 Å². The Morgan fingerprint density at radius 3 is 2.41 bits per heavy atom. The molecule has 9 nitrogen and oxygen atoms in total. The van der Waals surface area contributed by atoms with Crippen LogP contribution in [-0.4, -0.2) is 88.3 Å². The molecule has 3 aliphatic rings. The minimum absolute atomic E-state index is 0.00278. The Morgan fingerprint density at radius 1 is 1.06 bits per heavy atom. The molecule has 1 aromatic carbocycles. The first-order valence-electron chi connectivity index (χ1n) is 11.0. The van der Waals surface area contributed by atoms with Gasteiger partial charge in [0.2, 0.25) is 12.1 Å². The molecule has 0 bridgehead atoms. The van der Waals surface area contributed by atoms with Crippen molar-refractivity contribution in [3.8, 4) is 0 Å². The van der Waals surface area contributed by atoms with Gasteiger partial charge in [0, 0.05) is 30.5 Å². The lowest BCUT2D eigenvalue weighted by molar-refractivity contribution is -0.483. The van der Waals surface area contributed by atoms with Crippen LogP contribution in [0.4, 0.5) is 0 Å². The highest BCUT2D eigenvalue weighted by molar-refractivity contribution is 6.30. The number of hydrogen-bond donors (Lipinski definition) is 6. The lowest BCUT2D eigenvalue weighted by Gasteiger charge is -2.60. The first-order valence-corrected chi connectivity index (χ1v) is 11.4. The van der Waals surface area contributed by atoms with Crippen LogP contribution in [-0.2, 0) is 20.8 Å². The Hall–Kier alpha value is -0.850. The molecule has 180 valence electrons. The maximum Gasteiger partial charge on any atom is 0.249 e. The molecule has 1 aliphatic carbocycles. The fraction of sp³-hybridized carbons (Fsp3) is 0.727. The highest BCUT2D eigenvalue weighted by atomic mass is 35.5. The molecule has 0 aromatic heterocycles. The predicted molar refractivity (Wildman–Crippen MR) is 116 cm³/mol. The number of aliphatic hydroxyl groups is 4. The van der Waals surface area contributed by atoms with Gasteiger partial charge >= 0.3 is 0 Å². The lowest BCUT2D eigenvalue weighted by atomic mass is 9.75. The number of aliphatic hydroxyl groups excluding tert-OH is 2. The van der Waals surface area contributed by atoms with Gasteiger partial charge in [0.15, 0.2) is 0 Å². The molecule has 10 heteroatoms. The second-order valence-corrected chi connectivity index (χ2v) is 9.72. The predicted octanol–water partition coefficient (Wildman–Crippen LogP) is -0.272. The van der Waals surface area contributed by atoms with Gasteiger partial charge in [0.05, 0.1) is 24.4 Å². The Balaban J connectivity index is 1.55. The fourth-order valence-electron chi connectivity index (χ4n) is 5.10. The van der Waals surface area contributed by atoms with E-state index in [0.29, 0.717) is 11.6 Å². The quantitative estimate of drug-likeness (QED) is 0.342. The molecule has 1 aromatic rings. The standard InChI is InChI=1S/C22H33ClN2O7/c1-11-8-21(28,10-25-9-13-4-6-14(23)7-5-13)22(29)20(30-11)31-19-17(27)12(2)16(26)15(24-3)18(19)32-22/h4-7,11-12,15-20,24-29H,8-10H2,1-3H3/t11-,12-,15+,16+,17+,18-,19-,20+,21-,22-/m1/s1. The molecule has 0 unspecified atom stereocenters. The zero-order valence-corrected chi connectivity index (χ0v) is 19.2. The molecule has 2 heterocycles. The number of hydrogen-bond acceptors (Lipinski definition) is 9. The molecule has 4 rings (SSSR count). The van der Waals surface area contributed by atoms with E-state index < -0.39 is 60.2 Å². The van der Waals surface area contributed by atoms with Gasteiger partial charge in [-0.25, -0.2) is 0 Å². The summed E-state index contributed by atoms with van der Waals surface area (Å²) in [6.07, 6.45) is -5.33. The van der Waals surface area contributed by atoms with E-state index in [1.165, 1.54) is 0 Å². The summed E-state index contributed by atoms with van der Waals surface area (Å²) >= 11 is 5.93.